The van der Waals surface area contributed by atoms with Crippen LogP contribution in [0.3, 0.4) is 0 Å². The first-order valence-electron chi connectivity index (χ1n) is 8.02. The number of piperidine rings is 1. The van der Waals surface area contributed by atoms with Gasteiger partial charge in [-0.25, -0.2) is 13.1 Å². The Kier molecular flexibility index (Phi) is 5.50. The fraction of sp³-hybridized carbons (Fsp3) is 0.533. The molecule has 1 amide bonds. The fourth-order valence-corrected chi connectivity index (χ4v) is 4.27. The lowest BCUT2D eigenvalue weighted by atomic mass is 10.1. The van der Waals surface area contributed by atoms with Crippen LogP contribution in [0, 0.1) is 0 Å². The minimum absolute atomic E-state index is 0.0219. The molecule has 8 nitrogen and oxygen atoms in total. The third-order valence-corrected chi connectivity index (χ3v) is 5.62. The molecule has 2 aromatic rings. The summed E-state index contributed by atoms with van der Waals surface area (Å²) < 4.78 is 30.3. The number of hydrogen-bond acceptors (Lipinski definition) is 7. The average molecular weight is 384 g/mol. The van der Waals surface area contributed by atoms with E-state index in [1.54, 1.807) is 4.90 Å². The van der Waals surface area contributed by atoms with E-state index in [0.717, 1.165) is 11.1 Å². The van der Waals surface area contributed by atoms with E-state index in [0.29, 0.717) is 50.5 Å². The van der Waals surface area contributed by atoms with Crippen molar-refractivity contribution < 1.29 is 17.7 Å². The minimum atomic E-state index is -3.20. The molecule has 136 valence electrons. The van der Waals surface area contributed by atoms with Crippen molar-refractivity contribution in [3.8, 4) is 10.7 Å². The van der Waals surface area contributed by atoms with Crippen LogP contribution in [0.4, 0.5) is 0 Å². The maximum Gasteiger partial charge on any atom is 0.227 e. The number of nitrogens with zero attached hydrogens (tertiary/aromatic N) is 3. The quantitative estimate of drug-likeness (QED) is 0.804. The van der Waals surface area contributed by atoms with Gasteiger partial charge < -0.3 is 9.42 Å². The zero-order chi connectivity index (χ0) is 17.9. The number of aromatic nitrogens is 2. The van der Waals surface area contributed by atoms with Gasteiger partial charge in [0.2, 0.25) is 27.6 Å². The molecular weight excluding hydrogens is 364 g/mol. The minimum Gasteiger partial charge on any atom is -0.343 e. The second kappa shape index (κ2) is 7.63. The van der Waals surface area contributed by atoms with E-state index in [4.69, 9.17) is 4.52 Å². The van der Waals surface area contributed by atoms with Crippen molar-refractivity contribution in [1.29, 1.82) is 0 Å². The number of aryl methyl sites for hydroxylation is 1. The van der Waals surface area contributed by atoms with Gasteiger partial charge >= 0.3 is 0 Å². The van der Waals surface area contributed by atoms with E-state index in [2.05, 4.69) is 14.9 Å². The highest BCUT2D eigenvalue weighted by atomic mass is 32.2. The van der Waals surface area contributed by atoms with Gasteiger partial charge in [0.15, 0.2) is 0 Å². The summed E-state index contributed by atoms with van der Waals surface area (Å²) in [4.78, 5) is 19.3. The van der Waals surface area contributed by atoms with Crippen molar-refractivity contribution in [1.82, 2.24) is 19.8 Å². The van der Waals surface area contributed by atoms with Crippen molar-refractivity contribution in [2.45, 2.75) is 31.7 Å². The lowest BCUT2D eigenvalue weighted by Crippen LogP contribution is -2.46. The Morgan fingerprint density at radius 1 is 1.44 bits per heavy atom. The first-order valence-corrected chi connectivity index (χ1v) is 10.8. The number of likely N-dealkylation sites (tertiary alicyclic amines) is 1. The predicted octanol–water partition coefficient (Wildman–Crippen LogP) is 1.27. The first kappa shape index (κ1) is 18.0. The fourth-order valence-electron chi connectivity index (χ4n) is 2.78. The van der Waals surface area contributed by atoms with Crippen LogP contribution in [-0.4, -0.2) is 54.8 Å². The number of carbonyl (C=O) groups is 1. The highest BCUT2D eigenvalue weighted by molar-refractivity contribution is 7.88. The molecule has 25 heavy (non-hydrogen) atoms. The number of nitrogens with one attached hydrogen (secondary N) is 1. The van der Waals surface area contributed by atoms with Gasteiger partial charge in [-0.1, -0.05) is 11.2 Å². The average Bonchev–Trinajstić information content (AvgIpc) is 3.23. The van der Waals surface area contributed by atoms with Gasteiger partial charge in [-0.3, -0.25) is 4.79 Å². The summed E-state index contributed by atoms with van der Waals surface area (Å²) in [6, 6.07) is 3.74. The summed E-state index contributed by atoms with van der Waals surface area (Å²) in [5.41, 5.74) is 0. The summed E-state index contributed by atoms with van der Waals surface area (Å²) in [5.74, 6) is 1.02. The number of amides is 1. The molecule has 2 aromatic heterocycles. The Labute approximate surface area is 150 Å². The van der Waals surface area contributed by atoms with Crippen molar-refractivity contribution in [2.75, 3.05) is 19.3 Å². The highest BCUT2D eigenvalue weighted by Gasteiger charge is 2.24. The van der Waals surface area contributed by atoms with Crippen molar-refractivity contribution in [3.63, 3.8) is 0 Å². The predicted molar refractivity (Wildman–Crippen MR) is 93.5 cm³/mol. The number of thiophene rings is 1. The van der Waals surface area contributed by atoms with Crippen LogP contribution in [0.1, 0.15) is 25.2 Å². The molecular formula is C15H20N4O4S2. The van der Waals surface area contributed by atoms with E-state index >= 15 is 0 Å². The number of carbonyl (C=O) groups excluding carboxylic acids is 1. The van der Waals surface area contributed by atoms with Gasteiger partial charge in [0, 0.05) is 32.0 Å². The van der Waals surface area contributed by atoms with Crippen LogP contribution in [0.2, 0.25) is 0 Å². The number of hydrogen-bond donors (Lipinski definition) is 1. The molecule has 1 fully saturated rings. The van der Waals surface area contributed by atoms with Gasteiger partial charge in [0.1, 0.15) is 0 Å². The molecule has 0 radical (unpaired) electrons. The summed E-state index contributed by atoms with van der Waals surface area (Å²) in [6.07, 6.45) is 3.11. The Bertz CT molecular complexity index is 808. The molecule has 3 heterocycles. The van der Waals surface area contributed by atoms with E-state index in [1.165, 1.54) is 11.3 Å². The first-order chi connectivity index (χ1) is 11.9. The molecule has 0 unspecified atom stereocenters. The summed E-state index contributed by atoms with van der Waals surface area (Å²) in [5, 5.41) is 5.87. The molecule has 3 rings (SSSR count). The SMILES string of the molecule is CS(=O)(=O)NC1CCN(C(=O)CCc2nc(-c3cccs3)no2)CC1. The second-order valence-corrected chi connectivity index (χ2v) is 8.76. The van der Waals surface area contributed by atoms with Crippen molar-refractivity contribution in [3.05, 3.63) is 23.4 Å². The molecule has 0 saturated carbocycles. The maximum absolute atomic E-state index is 12.3. The zero-order valence-corrected chi connectivity index (χ0v) is 15.5. The lowest BCUT2D eigenvalue weighted by molar-refractivity contribution is -0.132. The van der Waals surface area contributed by atoms with Crippen LogP contribution in [-0.2, 0) is 21.2 Å². The molecule has 1 saturated heterocycles. The molecule has 0 spiro atoms. The molecule has 0 atom stereocenters. The van der Waals surface area contributed by atoms with Crippen LogP contribution in [0.15, 0.2) is 22.0 Å². The van der Waals surface area contributed by atoms with Crippen molar-refractivity contribution in [2.24, 2.45) is 0 Å². The molecule has 1 aliphatic heterocycles. The van der Waals surface area contributed by atoms with E-state index in [-0.39, 0.29) is 11.9 Å². The van der Waals surface area contributed by atoms with Crippen LogP contribution < -0.4 is 4.72 Å². The number of sulfonamides is 1. The molecule has 1 aliphatic rings. The molecule has 10 heteroatoms. The molecule has 0 bridgehead atoms. The van der Waals surface area contributed by atoms with Crippen LogP contribution >= 0.6 is 11.3 Å². The van der Waals surface area contributed by atoms with Gasteiger partial charge in [-0.15, -0.1) is 11.3 Å². The summed E-state index contributed by atoms with van der Waals surface area (Å²) >= 11 is 1.53. The molecule has 0 aromatic carbocycles. The Balaban J connectivity index is 1.46. The van der Waals surface area contributed by atoms with Gasteiger partial charge in [0.05, 0.1) is 11.1 Å². The van der Waals surface area contributed by atoms with Gasteiger partial charge in [0.25, 0.3) is 0 Å². The highest BCUT2D eigenvalue weighted by Crippen LogP contribution is 2.21. The lowest BCUT2D eigenvalue weighted by Gasteiger charge is -2.32. The largest absolute Gasteiger partial charge is 0.343 e. The third kappa shape index (κ3) is 5.10. The monoisotopic (exact) mass is 384 g/mol. The van der Waals surface area contributed by atoms with Crippen molar-refractivity contribution >= 4 is 27.3 Å². The second-order valence-electron chi connectivity index (χ2n) is 6.03. The smallest absolute Gasteiger partial charge is 0.227 e. The maximum atomic E-state index is 12.3. The van der Waals surface area contributed by atoms with Crippen LogP contribution in [0.25, 0.3) is 10.7 Å². The van der Waals surface area contributed by atoms with E-state index in [9.17, 15) is 13.2 Å². The number of rotatable bonds is 6. The van der Waals surface area contributed by atoms with Gasteiger partial charge in [-0.2, -0.15) is 4.98 Å². The Morgan fingerprint density at radius 2 is 2.20 bits per heavy atom. The Hall–Kier alpha value is -1.78. The van der Waals surface area contributed by atoms with E-state index < -0.39 is 10.0 Å². The van der Waals surface area contributed by atoms with Crippen LogP contribution in [0.5, 0.6) is 0 Å². The zero-order valence-electron chi connectivity index (χ0n) is 13.8. The standard InChI is InChI=1S/C15H20N4O4S2/c1-25(21,22)18-11-6-8-19(9-7-11)14(20)5-4-13-16-15(17-23-13)12-3-2-10-24-12/h2-3,10-11,18H,4-9H2,1H3. The normalized spacial score (nSPS) is 16.3. The Morgan fingerprint density at radius 3 is 2.84 bits per heavy atom. The van der Waals surface area contributed by atoms with Gasteiger partial charge in [-0.05, 0) is 24.3 Å². The topological polar surface area (TPSA) is 105 Å². The molecule has 1 N–H and O–H groups in total. The molecule has 0 aliphatic carbocycles. The third-order valence-electron chi connectivity index (χ3n) is 3.99. The summed E-state index contributed by atoms with van der Waals surface area (Å²) in [7, 11) is -3.20. The van der Waals surface area contributed by atoms with E-state index in [1.807, 2.05) is 17.5 Å². The summed E-state index contributed by atoms with van der Waals surface area (Å²) in [6.45, 7) is 1.10.